The van der Waals surface area contributed by atoms with E-state index in [0.717, 1.165) is 12.0 Å². The van der Waals surface area contributed by atoms with Crippen LogP contribution >= 0.6 is 0 Å². The fourth-order valence-corrected chi connectivity index (χ4v) is 5.03. The van der Waals surface area contributed by atoms with E-state index in [4.69, 9.17) is 10.5 Å². The molecule has 0 bridgehead atoms. The summed E-state index contributed by atoms with van der Waals surface area (Å²) in [7, 11) is 0. The molecule has 2 atom stereocenters. The Labute approximate surface area is 177 Å². The molecule has 1 aliphatic heterocycles. The van der Waals surface area contributed by atoms with Crippen LogP contribution in [0.1, 0.15) is 22.3 Å². The first-order chi connectivity index (χ1) is 14.5. The molecule has 156 valence electrons. The van der Waals surface area contributed by atoms with E-state index in [0.29, 0.717) is 34.3 Å². The van der Waals surface area contributed by atoms with Crippen LogP contribution in [0.3, 0.4) is 0 Å². The van der Waals surface area contributed by atoms with Crippen molar-refractivity contribution < 1.29 is 14.1 Å². The summed E-state index contributed by atoms with van der Waals surface area (Å²) in [5.74, 6) is -0.486. The highest BCUT2D eigenvalue weighted by atomic mass is 32.2. The van der Waals surface area contributed by atoms with Crippen LogP contribution in [0, 0.1) is 6.92 Å². The van der Waals surface area contributed by atoms with Gasteiger partial charge in [-0.3, -0.25) is 9.36 Å². The average Bonchev–Trinajstić information content (AvgIpc) is 3.19. The number of nitrogens with two attached hydrogens (primary N) is 1. The van der Waals surface area contributed by atoms with Crippen molar-refractivity contribution in [2.45, 2.75) is 31.0 Å². The summed E-state index contributed by atoms with van der Waals surface area (Å²) >= 11 is -1.39. The van der Waals surface area contributed by atoms with Crippen molar-refractivity contribution in [1.29, 1.82) is 0 Å². The highest BCUT2D eigenvalue weighted by Crippen LogP contribution is 2.26. The molecule has 2 aromatic carbocycles. The number of pyridine rings is 1. The van der Waals surface area contributed by atoms with Crippen LogP contribution in [0.5, 0.6) is 0 Å². The van der Waals surface area contributed by atoms with E-state index in [2.05, 4.69) is 0 Å². The fraction of sp³-hybridized carbons (Fsp3) is 0.273. The zero-order valence-electron chi connectivity index (χ0n) is 16.6. The molecule has 2 N–H and O–H groups in total. The lowest BCUT2D eigenvalue weighted by molar-refractivity contribution is 0.0366. The van der Waals surface area contributed by atoms with Gasteiger partial charge in [-0.1, -0.05) is 24.3 Å². The number of carbonyl (C=O) groups excluding carboxylic acids is 1. The third-order valence-electron chi connectivity index (χ3n) is 5.29. The molecule has 7 nitrogen and oxygen atoms in total. The molecule has 2 heterocycles. The molecule has 4 rings (SSSR count). The first-order valence-electron chi connectivity index (χ1n) is 9.73. The Bertz CT molecular complexity index is 1150. The van der Waals surface area contributed by atoms with Gasteiger partial charge in [0.25, 0.3) is 5.56 Å². The first-order valence-corrected chi connectivity index (χ1v) is 10.8. The van der Waals surface area contributed by atoms with Crippen LogP contribution in [0.25, 0.3) is 10.8 Å². The molecule has 0 aliphatic carbocycles. The summed E-state index contributed by atoms with van der Waals surface area (Å²) in [6.07, 6.45) is 2.36. The number of aromatic nitrogens is 1. The number of nitrogens with zero attached hydrogens (tertiary/aromatic N) is 2. The van der Waals surface area contributed by atoms with Crippen molar-refractivity contribution in [2.24, 2.45) is 5.73 Å². The molecule has 8 heteroatoms. The molecule has 1 aromatic heterocycles. The van der Waals surface area contributed by atoms with Gasteiger partial charge in [-0.2, -0.15) is 0 Å². The molecule has 30 heavy (non-hydrogen) atoms. The van der Waals surface area contributed by atoms with E-state index in [9.17, 15) is 14.1 Å². The third-order valence-corrected chi connectivity index (χ3v) is 6.82. The lowest BCUT2D eigenvalue weighted by Crippen LogP contribution is -2.32. The summed E-state index contributed by atoms with van der Waals surface area (Å²) in [6, 6.07) is 14.1. The van der Waals surface area contributed by atoms with Crippen LogP contribution in [0.15, 0.2) is 64.4 Å². The molecule has 1 saturated heterocycles. The number of ether oxygens (including phenoxy) is 1. The summed E-state index contributed by atoms with van der Waals surface area (Å²) in [5, 5.41) is 1.06. The quantitative estimate of drug-likeness (QED) is 0.497. The number of hydrogen-bond donors (Lipinski definition) is 1. The largest absolute Gasteiger partial charge is 0.593 e. The van der Waals surface area contributed by atoms with Gasteiger partial charge >= 0.3 is 5.97 Å². The van der Waals surface area contributed by atoms with Crippen LogP contribution < -0.4 is 11.3 Å². The second kappa shape index (κ2) is 8.61. The summed E-state index contributed by atoms with van der Waals surface area (Å²) in [5.41, 5.74) is 6.91. The van der Waals surface area contributed by atoms with E-state index in [-0.39, 0.29) is 18.3 Å². The topological polar surface area (TPSA) is 101 Å². The Balaban J connectivity index is 1.58. The molecule has 0 saturated carbocycles. The van der Waals surface area contributed by atoms with Crippen molar-refractivity contribution in [2.75, 3.05) is 13.1 Å². The van der Waals surface area contributed by atoms with Gasteiger partial charge in [0.05, 0.1) is 28.9 Å². The number of hydrogen-bond acceptors (Lipinski definition) is 6. The van der Waals surface area contributed by atoms with E-state index in [1.54, 1.807) is 42.6 Å². The monoisotopic (exact) mass is 425 g/mol. The van der Waals surface area contributed by atoms with Gasteiger partial charge in [0, 0.05) is 24.2 Å². The molecule has 0 radical (unpaired) electrons. The van der Waals surface area contributed by atoms with Crippen molar-refractivity contribution in [3.63, 3.8) is 0 Å². The van der Waals surface area contributed by atoms with Crippen LogP contribution in [-0.4, -0.2) is 38.5 Å². The summed E-state index contributed by atoms with van der Waals surface area (Å²) in [4.78, 5) is 25.9. The molecule has 1 aliphatic rings. The normalized spacial score (nSPS) is 17.9. The van der Waals surface area contributed by atoms with Gasteiger partial charge in [-0.25, -0.2) is 4.79 Å². The number of rotatable bonds is 5. The van der Waals surface area contributed by atoms with Gasteiger partial charge in [-0.15, -0.1) is 4.31 Å². The van der Waals surface area contributed by atoms with E-state index in [1.165, 1.54) is 4.57 Å². The number of benzene rings is 2. The van der Waals surface area contributed by atoms with Crippen molar-refractivity contribution in [1.82, 2.24) is 8.87 Å². The molecule has 1 fully saturated rings. The lowest BCUT2D eigenvalue weighted by atomic mass is 10.1. The number of aryl methyl sites for hydroxylation is 1. The summed E-state index contributed by atoms with van der Waals surface area (Å²) < 4.78 is 21.5. The van der Waals surface area contributed by atoms with Crippen molar-refractivity contribution in [3.8, 4) is 0 Å². The SMILES string of the molecule is Cc1ccccc1C(=O)OCn1ccc2c([S+]([O-])N3CCC(N)C3)cccc2c1=O. The number of esters is 1. The molecule has 2 unspecified atom stereocenters. The maximum atomic E-state index is 13.0. The Hall–Kier alpha value is -2.65. The second-order valence-corrected chi connectivity index (χ2v) is 8.82. The fourth-order valence-electron chi connectivity index (χ4n) is 3.59. The van der Waals surface area contributed by atoms with E-state index < -0.39 is 17.3 Å². The number of fused-ring (bicyclic) bond motifs is 1. The minimum absolute atomic E-state index is 0.0177. The van der Waals surface area contributed by atoms with Crippen LogP contribution in [0.2, 0.25) is 0 Å². The number of carbonyl (C=O) groups is 1. The highest BCUT2D eigenvalue weighted by Gasteiger charge is 2.31. The van der Waals surface area contributed by atoms with Gasteiger partial charge < -0.3 is 15.0 Å². The Morgan fingerprint density at radius 3 is 2.73 bits per heavy atom. The first kappa shape index (κ1) is 20.6. The predicted octanol–water partition coefficient (Wildman–Crippen LogP) is 2.18. The minimum atomic E-state index is -1.39. The van der Waals surface area contributed by atoms with E-state index >= 15 is 0 Å². The Kier molecular flexibility index (Phi) is 5.92. The molecule has 0 amide bonds. The molecular formula is C22H23N3O4S. The van der Waals surface area contributed by atoms with Crippen molar-refractivity contribution in [3.05, 3.63) is 76.2 Å². The predicted molar refractivity (Wildman–Crippen MR) is 115 cm³/mol. The third kappa shape index (κ3) is 3.99. The maximum absolute atomic E-state index is 13.0. The van der Waals surface area contributed by atoms with Gasteiger partial charge in [-0.05, 0) is 43.2 Å². The van der Waals surface area contributed by atoms with Gasteiger partial charge in [0.15, 0.2) is 11.6 Å². The highest BCUT2D eigenvalue weighted by molar-refractivity contribution is 7.89. The van der Waals surface area contributed by atoms with Gasteiger partial charge in [0.1, 0.15) is 0 Å². The zero-order valence-corrected chi connectivity index (χ0v) is 17.4. The molecular weight excluding hydrogens is 402 g/mol. The molecule has 3 aromatic rings. The standard InChI is InChI=1S/C22H23N3O4S/c1-15-5-2-3-6-17(15)22(27)29-14-24-11-10-18-19(21(24)26)7-4-8-20(18)30(28)25-12-9-16(23)13-25/h2-8,10-11,16H,9,12-14,23H2,1H3. The minimum Gasteiger partial charge on any atom is -0.593 e. The van der Waals surface area contributed by atoms with Gasteiger partial charge in [0.2, 0.25) is 0 Å². The van der Waals surface area contributed by atoms with E-state index in [1.807, 2.05) is 23.4 Å². The smallest absolute Gasteiger partial charge is 0.340 e. The Morgan fingerprint density at radius 1 is 1.20 bits per heavy atom. The van der Waals surface area contributed by atoms with Crippen molar-refractivity contribution >= 4 is 28.1 Å². The summed E-state index contributed by atoms with van der Waals surface area (Å²) in [6.45, 7) is 2.86. The molecule has 0 spiro atoms. The Morgan fingerprint density at radius 2 is 2.00 bits per heavy atom. The van der Waals surface area contributed by atoms with Crippen LogP contribution in [0.4, 0.5) is 0 Å². The lowest BCUT2D eigenvalue weighted by Gasteiger charge is -2.20. The maximum Gasteiger partial charge on any atom is 0.340 e. The average molecular weight is 426 g/mol. The second-order valence-electron chi connectivity index (χ2n) is 7.37. The van der Waals surface area contributed by atoms with Crippen LogP contribution in [-0.2, 0) is 22.8 Å². The zero-order chi connectivity index (χ0) is 21.3.